The molecule has 16 heavy (non-hydrogen) atoms. The second-order valence-corrected chi connectivity index (χ2v) is 3.24. The van der Waals surface area contributed by atoms with Crippen molar-refractivity contribution >= 4 is 11.0 Å². The standard InChI is InChI=1S/C11H11N3O2/c1-3-6-14-10-7-8(16-2)4-5-9(10)12-13-11(14)15/h3-5,7H,1,6H2,2H3. The van der Waals surface area contributed by atoms with E-state index >= 15 is 0 Å². The van der Waals surface area contributed by atoms with Gasteiger partial charge in [-0.05, 0) is 12.1 Å². The molecule has 1 aromatic carbocycles. The van der Waals surface area contributed by atoms with E-state index in [9.17, 15) is 4.79 Å². The summed E-state index contributed by atoms with van der Waals surface area (Å²) >= 11 is 0. The first-order valence-electron chi connectivity index (χ1n) is 4.78. The van der Waals surface area contributed by atoms with Crippen LogP contribution in [0.4, 0.5) is 0 Å². The molecule has 1 heterocycles. The number of allylic oxidation sites excluding steroid dienone is 1. The maximum Gasteiger partial charge on any atom is 0.367 e. The maximum atomic E-state index is 11.5. The second kappa shape index (κ2) is 4.14. The predicted octanol–water partition coefficient (Wildman–Crippen LogP) is 0.986. The topological polar surface area (TPSA) is 57.0 Å². The molecular formula is C11H11N3O2. The number of benzene rings is 1. The molecule has 0 spiro atoms. The zero-order valence-electron chi connectivity index (χ0n) is 8.88. The van der Waals surface area contributed by atoms with Crippen LogP contribution in [0.1, 0.15) is 0 Å². The molecule has 0 saturated heterocycles. The molecule has 1 aromatic heterocycles. The van der Waals surface area contributed by atoms with Crippen LogP contribution in [-0.4, -0.2) is 21.9 Å². The van der Waals surface area contributed by atoms with Crippen molar-refractivity contribution in [2.24, 2.45) is 0 Å². The Morgan fingerprint density at radius 3 is 3.00 bits per heavy atom. The van der Waals surface area contributed by atoms with Gasteiger partial charge in [0.25, 0.3) is 0 Å². The van der Waals surface area contributed by atoms with E-state index in [0.29, 0.717) is 23.3 Å². The van der Waals surface area contributed by atoms with Gasteiger partial charge < -0.3 is 4.74 Å². The molecule has 0 N–H and O–H groups in total. The zero-order chi connectivity index (χ0) is 11.5. The van der Waals surface area contributed by atoms with Crippen molar-refractivity contribution in [3.8, 4) is 5.75 Å². The summed E-state index contributed by atoms with van der Waals surface area (Å²) in [6, 6.07) is 5.30. The van der Waals surface area contributed by atoms with E-state index in [0.717, 1.165) is 0 Å². The van der Waals surface area contributed by atoms with E-state index in [2.05, 4.69) is 16.8 Å². The smallest absolute Gasteiger partial charge is 0.367 e. The fourth-order valence-electron chi connectivity index (χ4n) is 1.49. The average molecular weight is 217 g/mol. The summed E-state index contributed by atoms with van der Waals surface area (Å²) in [5.41, 5.74) is 0.960. The highest BCUT2D eigenvalue weighted by molar-refractivity contribution is 5.75. The molecular weight excluding hydrogens is 206 g/mol. The summed E-state index contributed by atoms with van der Waals surface area (Å²) in [5.74, 6) is 0.678. The van der Waals surface area contributed by atoms with Gasteiger partial charge >= 0.3 is 5.69 Å². The number of rotatable bonds is 3. The van der Waals surface area contributed by atoms with Crippen LogP contribution in [0.3, 0.4) is 0 Å². The molecule has 2 rings (SSSR count). The quantitative estimate of drug-likeness (QED) is 0.719. The minimum Gasteiger partial charge on any atom is -0.497 e. The van der Waals surface area contributed by atoms with Crippen LogP contribution in [0.5, 0.6) is 5.75 Å². The number of hydrogen-bond acceptors (Lipinski definition) is 4. The first-order chi connectivity index (χ1) is 7.76. The maximum absolute atomic E-state index is 11.5. The SMILES string of the molecule is C=CCn1c(=O)nnc2ccc(OC)cc21. The van der Waals surface area contributed by atoms with Gasteiger partial charge in [-0.3, -0.25) is 4.57 Å². The zero-order valence-corrected chi connectivity index (χ0v) is 8.88. The Bertz CT molecular complexity index is 589. The van der Waals surface area contributed by atoms with Crippen molar-refractivity contribution in [2.75, 3.05) is 7.11 Å². The van der Waals surface area contributed by atoms with Crippen molar-refractivity contribution in [3.05, 3.63) is 41.3 Å². The van der Waals surface area contributed by atoms with Gasteiger partial charge in [0.05, 0.1) is 12.6 Å². The highest BCUT2D eigenvalue weighted by atomic mass is 16.5. The molecule has 0 aliphatic rings. The Balaban J connectivity index is 2.77. The molecule has 82 valence electrons. The summed E-state index contributed by atoms with van der Waals surface area (Å²) in [5, 5.41) is 7.38. The molecule has 0 atom stereocenters. The lowest BCUT2D eigenvalue weighted by Crippen LogP contribution is -2.23. The van der Waals surface area contributed by atoms with Crippen molar-refractivity contribution < 1.29 is 4.74 Å². The van der Waals surface area contributed by atoms with E-state index in [1.165, 1.54) is 4.57 Å². The number of nitrogens with zero attached hydrogens (tertiary/aromatic N) is 3. The lowest BCUT2D eigenvalue weighted by atomic mass is 10.3. The predicted molar refractivity (Wildman–Crippen MR) is 60.5 cm³/mol. The fourth-order valence-corrected chi connectivity index (χ4v) is 1.49. The van der Waals surface area contributed by atoms with Gasteiger partial charge in [0.1, 0.15) is 11.3 Å². The van der Waals surface area contributed by atoms with Gasteiger partial charge in [-0.2, -0.15) is 0 Å². The van der Waals surface area contributed by atoms with Gasteiger partial charge in [0.2, 0.25) is 0 Å². The highest BCUT2D eigenvalue weighted by Crippen LogP contribution is 2.17. The van der Waals surface area contributed by atoms with Crippen molar-refractivity contribution in [1.29, 1.82) is 0 Å². The summed E-state index contributed by atoms with van der Waals surface area (Å²) < 4.78 is 6.60. The molecule has 0 radical (unpaired) electrons. The third-order valence-electron chi connectivity index (χ3n) is 2.26. The van der Waals surface area contributed by atoms with Gasteiger partial charge in [0.15, 0.2) is 0 Å². The van der Waals surface area contributed by atoms with E-state index in [1.54, 1.807) is 31.4 Å². The molecule has 0 fully saturated rings. The van der Waals surface area contributed by atoms with Crippen molar-refractivity contribution in [2.45, 2.75) is 6.54 Å². The third kappa shape index (κ3) is 1.67. The highest BCUT2D eigenvalue weighted by Gasteiger charge is 2.05. The Labute approximate surface area is 92.0 Å². The van der Waals surface area contributed by atoms with Gasteiger partial charge in [0, 0.05) is 12.6 Å². The summed E-state index contributed by atoms with van der Waals surface area (Å²) in [7, 11) is 1.58. The lowest BCUT2D eigenvalue weighted by Gasteiger charge is -2.07. The Kier molecular flexibility index (Phi) is 2.68. The normalized spacial score (nSPS) is 10.3. The van der Waals surface area contributed by atoms with Crippen molar-refractivity contribution in [3.63, 3.8) is 0 Å². The van der Waals surface area contributed by atoms with Gasteiger partial charge in [-0.25, -0.2) is 4.79 Å². The number of aromatic nitrogens is 3. The van der Waals surface area contributed by atoms with Crippen LogP contribution < -0.4 is 10.4 Å². The van der Waals surface area contributed by atoms with E-state index in [1.807, 2.05) is 0 Å². The number of fused-ring (bicyclic) bond motifs is 1. The van der Waals surface area contributed by atoms with Crippen molar-refractivity contribution in [1.82, 2.24) is 14.8 Å². The molecule has 0 aliphatic carbocycles. The molecule has 0 saturated carbocycles. The van der Waals surface area contributed by atoms with Gasteiger partial charge in [-0.15, -0.1) is 11.7 Å². The number of methoxy groups -OCH3 is 1. The van der Waals surface area contributed by atoms with Crippen LogP contribution in [-0.2, 0) is 6.54 Å². The Morgan fingerprint density at radius 2 is 2.31 bits per heavy atom. The van der Waals surface area contributed by atoms with Crippen LogP contribution >= 0.6 is 0 Å². The third-order valence-corrected chi connectivity index (χ3v) is 2.26. The van der Waals surface area contributed by atoms with E-state index in [-0.39, 0.29) is 5.69 Å². The number of ether oxygens (including phenoxy) is 1. The monoisotopic (exact) mass is 217 g/mol. The minimum atomic E-state index is -0.388. The molecule has 2 aromatic rings. The lowest BCUT2D eigenvalue weighted by molar-refractivity contribution is 0.415. The molecule has 5 heteroatoms. The largest absolute Gasteiger partial charge is 0.497 e. The van der Waals surface area contributed by atoms with Crippen LogP contribution in [0.25, 0.3) is 11.0 Å². The minimum absolute atomic E-state index is 0.388. The van der Waals surface area contributed by atoms with Crippen LogP contribution in [0, 0.1) is 0 Å². The molecule has 5 nitrogen and oxygen atoms in total. The summed E-state index contributed by atoms with van der Waals surface area (Å²) in [6.45, 7) is 4.01. The van der Waals surface area contributed by atoms with E-state index in [4.69, 9.17) is 4.74 Å². The number of hydrogen-bond donors (Lipinski definition) is 0. The Hall–Kier alpha value is -2.17. The second-order valence-electron chi connectivity index (χ2n) is 3.24. The first-order valence-corrected chi connectivity index (χ1v) is 4.78. The average Bonchev–Trinajstić information content (AvgIpc) is 2.32. The first kappa shape index (κ1) is 10.4. The summed E-state index contributed by atoms with van der Waals surface area (Å²) in [4.78, 5) is 11.5. The Morgan fingerprint density at radius 1 is 1.50 bits per heavy atom. The van der Waals surface area contributed by atoms with Gasteiger partial charge in [-0.1, -0.05) is 11.2 Å². The van der Waals surface area contributed by atoms with Crippen LogP contribution in [0.15, 0.2) is 35.6 Å². The fraction of sp³-hybridized carbons (Fsp3) is 0.182. The molecule has 0 amide bonds. The van der Waals surface area contributed by atoms with E-state index < -0.39 is 0 Å². The summed E-state index contributed by atoms with van der Waals surface area (Å²) in [6.07, 6.45) is 1.64. The molecule has 0 bridgehead atoms. The molecule has 0 aliphatic heterocycles. The van der Waals surface area contributed by atoms with Crippen LogP contribution in [0.2, 0.25) is 0 Å². The molecule has 0 unspecified atom stereocenters.